The van der Waals surface area contributed by atoms with Crippen molar-refractivity contribution in [1.29, 1.82) is 0 Å². The van der Waals surface area contributed by atoms with Crippen LogP contribution < -0.4 is 5.43 Å². The Bertz CT molecular complexity index is 612. The summed E-state index contributed by atoms with van der Waals surface area (Å²) in [6.07, 6.45) is 0.118. The Hall–Kier alpha value is -2.66. The van der Waals surface area contributed by atoms with Crippen molar-refractivity contribution in [2.24, 2.45) is 5.10 Å². The quantitative estimate of drug-likeness (QED) is 0.582. The van der Waals surface area contributed by atoms with Crippen molar-refractivity contribution in [3.05, 3.63) is 65.7 Å². The third-order valence-electron chi connectivity index (χ3n) is 2.62. The van der Waals surface area contributed by atoms with Gasteiger partial charge in [-0.2, -0.15) is 5.10 Å². The zero-order chi connectivity index (χ0) is 14.4. The molecule has 3 N–H and O–H groups in total. The van der Waals surface area contributed by atoms with Gasteiger partial charge < -0.3 is 10.2 Å². The topological polar surface area (TPSA) is 81.9 Å². The van der Waals surface area contributed by atoms with E-state index in [0.29, 0.717) is 11.1 Å². The molecule has 0 bridgehead atoms. The maximum absolute atomic E-state index is 11.7. The van der Waals surface area contributed by atoms with Crippen LogP contribution in [0.25, 0.3) is 0 Å². The molecule has 0 saturated carbocycles. The van der Waals surface area contributed by atoms with Gasteiger partial charge in [0.25, 0.3) is 5.91 Å². The Morgan fingerprint density at radius 2 is 1.90 bits per heavy atom. The molecule has 2 aromatic rings. The van der Waals surface area contributed by atoms with Gasteiger partial charge in [-0.15, -0.1) is 0 Å². The molecule has 102 valence electrons. The highest BCUT2D eigenvalue weighted by Crippen LogP contribution is 2.12. The molecule has 5 heteroatoms. The van der Waals surface area contributed by atoms with E-state index in [0.717, 1.165) is 0 Å². The number of aliphatic hydroxyl groups excluding tert-OH is 1. The number of carbonyl (C=O) groups is 1. The van der Waals surface area contributed by atoms with E-state index in [2.05, 4.69) is 10.5 Å². The monoisotopic (exact) mass is 270 g/mol. The van der Waals surface area contributed by atoms with Crippen molar-refractivity contribution < 1.29 is 15.0 Å². The molecule has 5 nitrogen and oxygen atoms in total. The minimum atomic E-state index is -1.27. The largest absolute Gasteiger partial charge is 0.508 e. The van der Waals surface area contributed by atoms with Crippen molar-refractivity contribution in [3.63, 3.8) is 0 Å². The maximum atomic E-state index is 11.7. The SMILES string of the molecule is O=C(NN=Cc1cccc(O)c1)C(O)c1ccccc1. The van der Waals surface area contributed by atoms with Gasteiger partial charge in [-0.1, -0.05) is 42.5 Å². The average Bonchev–Trinajstić information content (AvgIpc) is 2.47. The van der Waals surface area contributed by atoms with Gasteiger partial charge in [-0.05, 0) is 23.3 Å². The van der Waals surface area contributed by atoms with Crippen molar-refractivity contribution in [2.45, 2.75) is 6.10 Å². The molecule has 0 fully saturated rings. The van der Waals surface area contributed by atoms with E-state index < -0.39 is 12.0 Å². The molecule has 0 aliphatic heterocycles. The number of nitrogens with zero attached hydrogens (tertiary/aromatic N) is 1. The fourth-order valence-corrected chi connectivity index (χ4v) is 1.62. The molecule has 0 aliphatic carbocycles. The molecule has 1 unspecified atom stereocenters. The third-order valence-corrected chi connectivity index (χ3v) is 2.62. The van der Waals surface area contributed by atoms with Crippen molar-refractivity contribution in [1.82, 2.24) is 5.43 Å². The van der Waals surface area contributed by atoms with Crippen molar-refractivity contribution >= 4 is 12.1 Å². The number of amides is 1. The van der Waals surface area contributed by atoms with E-state index >= 15 is 0 Å². The van der Waals surface area contributed by atoms with E-state index in [1.165, 1.54) is 18.3 Å². The van der Waals surface area contributed by atoms with Gasteiger partial charge in [0.15, 0.2) is 6.10 Å². The zero-order valence-electron chi connectivity index (χ0n) is 10.6. The van der Waals surface area contributed by atoms with Crippen LogP contribution in [0.1, 0.15) is 17.2 Å². The number of hydrazone groups is 1. The summed E-state index contributed by atoms with van der Waals surface area (Å²) in [5.74, 6) is -0.503. The van der Waals surface area contributed by atoms with Crippen LogP contribution in [-0.2, 0) is 4.79 Å². The summed E-state index contributed by atoms with van der Waals surface area (Å²) in [4.78, 5) is 11.7. The van der Waals surface area contributed by atoms with E-state index in [1.807, 2.05) is 0 Å². The number of carbonyl (C=O) groups excluding carboxylic acids is 1. The highest BCUT2D eigenvalue weighted by atomic mass is 16.3. The summed E-state index contributed by atoms with van der Waals surface area (Å²) < 4.78 is 0. The molecular formula is C15H14N2O3. The summed E-state index contributed by atoms with van der Waals surface area (Å²) in [7, 11) is 0. The highest BCUT2D eigenvalue weighted by molar-refractivity contribution is 5.85. The molecule has 20 heavy (non-hydrogen) atoms. The van der Waals surface area contributed by atoms with Crippen LogP contribution >= 0.6 is 0 Å². The number of phenols is 1. The summed E-state index contributed by atoms with van der Waals surface area (Å²) in [5.41, 5.74) is 3.38. The number of benzene rings is 2. The second-order valence-corrected chi connectivity index (χ2v) is 4.14. The Kier molecular flexibility index (Phi) is 4.47. The lowest BCUT2D eigenvalue weighted by Gasteiger charge is -2.08. The second kappa shape index (κ2) is 6.49. The summed E-state index contributed by atoms with van der Waals surface area (Å²) in [6, 6.07) is 15.0. The van der Waals surface area contributed by atoms with Gasteiger partial charge in [0.2, 0.25) is 0 Å². The first-order valence-electron chi connectivity index (χ1n) is 6.02. The number of phenolic OH excluding ortho intramolecular Hbond substituents is 1. The van der Waals surface area contributed by atoms with Gasteiger partial charge >= 0.3 is 0 Å². The first-order valence-corrected chi connectivity index (χ1v) is 6.02. The summed E-state index contributed by atoms with van der Waals surface area (Å²) in [5, 5.41) is 22.8. The minimum Gasteiger partial charge on any atom is -0.508 e. The molecule has 0 aliphatic rings. The molecule has 0 heterocycles. The third kappa shape index (κ3) is 3.66. The Labute approximate surface area is 116 Å². The zero-order valence-corrected chi connectivity index (χ0v) is 10.6. The average molecular weight is 270 g/mol. The number of rotatable bonds is 4. The molecule has 0 radical (unpaired) electrons. The normalized spacial score (nSPS) is 12.2. The lowest BCUT2D eigenvalue weighted by atomic mass is 10.1. The van der Waals surface area contributed by atoms with Crippen molar-refractivity contribution in [3.8, 4) is 5.75 Å². The van der Waals surface area contributed by atoms with Gasteiger partial charge in [-0.3, -0.25) is 4.79 Å². The highest BCUT2D eigenvalue weighted by Gasteiger charge is 2.15. The van der Waals surface area contributed by atoms with Crippen LogP contribution in [-0.4, -0.2) is 22.3 Å². The maximum Gasteiger partial charge on any atom is 0.273 e. The number of nitrogens with one attached hydrogen (secondary N) is 1. The van der Waals surface area contributed by atoms with E-state index in [-0.39, 0.29) is 5.75 Å². The molecule has 0 spiro atoms. The summed E-state index contributed by atoms with van der Waals surface area (Å²) in [6.45, 7) is 0. The fourth-order valence-electron chi connectivity index (χ4n) is 1.62. The number of aliphatic hydroxyl groups is 1. The molecule has 2 aromatic carbocycles. The van der Waals surface area contributed by atoms with Gasteiger partial charge in [0.1, 0.15) is 5.75 Å². The Morgan fingerprint density at radius 1 is 1.15 bits per heavy atom. The first-order chi connectivity index (χ1) is 9.66. The second-order valence-electron chi connectivity index (χ2n) is 4.14. The number of aromatic hydroxyl groups is 1. The summed E-state index contributed by atoms with van der Waals surface area (Å²) >= 11 is 0. The van der Waals surface area contributed by atoms with Crippen LogP contribution in [0.15, 0.2) is 59.7 Å². The van der Waals surface area contributed by atoms with E-state index in [1.54, 1.807) is 42.5 Å². The van der Waals surface area contributed by atoms with Gasteiger partial charge in [0, 0.05) is 0 Å². The van der Waals surface area contributed by atoms with Crippen LogP contribution in [0.5, 0.6) is 5.75 Å². The first kappa shape index (κ1) is 13.8. The predicted octanol–water partition coefficient (Wildman–Crippen LogP) is 1.58. The Morgan fingerprint density at radius 3 is 2.60 bits per heavy atom. The van der Waals surface area contributed by atoms with Crippen LogP contribution in [0.2, 0.25) is 0 Å². The van der Waals surface area contributed by atoms with Crippen LogP contribution in [0.4, 0.5) is 0 Å². The molecular weight excluding hydrogens is 256 g/mol. The molecule has 0 aromatic heterocycles. The standard InChI is InChI=1S/C15H14N2O3/c18-13-8-4-5-11(9-13)10-16-17-15(20)14(19)12-6-2-1-3-7-12/h1-10,14,18-19H,(H,17,20). The number of hydrogen-bond donors (Lipinski definition) is 3. The van der Waals surface area contributed by atoms with Gasteiger partial charge in [-0.25, -0.2) is 5.43 Å². The van der Waals surface area contributed by atoms with E-state index in [4.69, 9.17) is 0 Å². The van der Waals surface area contributed by atoms with Crippen molar-refractivity contribution in [2.75, 3.05) is 0 Å². The molecule has 0 saturated heterocycles. The van der Waals surface area contributed by atoms with Gasteiger partial charge in [0.05, 0.1) is 6.21 Å². The number of hydrogen-bond acceptors (Lipinski definition) is 4. The predicted molar refractivity (Wildman–Crippen MR) is 75.2 cm³/mol. The molecule has 2 rings (SSSR count). The Balaban J connectivity index is 1.95. The molecule has 1 atom stereocenters. The molecule has 1 amide bonds. The lowest BCUT2D eigenvalue weighted by molar-refractivity contribution is -0.129. The van der Waals surface area contributed by atoms with Crippen LogP contribution in [0.3, 0.4) is 0 Å². The smallest absolute Gasteiger partial charge is 0.273 e. The fraction of sp³-hybridized carbons (Fsp3) is 0.0667. The lowest BCUT2D eigenvalue weighted by Crippen LogP contribution is -2.25. The van der Waals surface area contributed by atoms with E-state index in [9.17, 15) is 15.0 Å². The van der Waals surface area contributed by atoms with Crippen LogP contribution in [0, 0.1) is 0 Å². The minimum absolute atomic E-state index is 0.115.